The van der Waals surface area contributed by atoms with E-state index in [-0.39, 0.29) is 17.8 Å². The van der Waals surface area contributed by atoms with Gasteiger partial charge in [-0.15, -0.1) is 0 Å². The number of hydrogen-bond donors (Lipinski definition) is 2. The van der Waals surface area contributed by atoms with E-state index >= 15 is 0 Å². The van der Waals surface area contributed by atoms with Crippen LogP contribution in [0.15, 0.2) is 42.6 Å². The number of aryl methyl sites for hydroxylation is 1. The summed E-state index contributed by atoms with van der Waals surface area (Å²) in [5.41, 5.74) is 2.80. The fraction of sp³-hybridized carbons (Fsp3) is 0.190. The van der Waals surface area contributed by atoms with E-state index < -0.39 is 11.7 Å². The molecule has 1 aromatic carbocycles. The first-order chi connectivity index (χ1) is 13.7. The molecule has 0 fully saturated rings. The monoisotopic (exact) mass is 398 g/mol. The van der Waals surface area contributed by atoms with Crippen LogP contribution in [0.25, 0.3) is 22.3 Å². The lowest BCUT2D eigenvalue weighted by atomic mass is 10.0. The molecular weight excluding hydrogens is 381 g/mol. The first-order valence-electron chi connectivity index (χ1n) is 8.93. The number of carbonyl (C=O) groups excluding carboxylic acids is 1. The molecule has 4 rings (SSSR count). The molecule has 0 spiro atoms. The van der Waals surface area contributed by atoms with E-state index in [1.54, 1.807) is 24.4 Å². The number of fused-ring (bicyclic) bond motifs is 1. The summed E-state index contributed by atoms with van der Waals surface area (Å²) < 4.78 is 40.0. The summed E-state index contributed by atoms with van der Waals surface area (Å²) in [5.74, 6) is -0.147. The molecule has 2 N–H and O–H groups in total. The second kappa shape index (κ2) is 6.88. The molecule has 0 radical (unpaired) electrons. The molecule has 0 saturated carbocycles. The van der Waals surface area contributed by atoms with Crippen LogP contribution >= 0.6 is 0 Å². The van der Waals surface area contributed by atoms with E-state index in [0.717, 1.165) is 17.3 Å². The number of aromatic nitrogens is 4. The van der Waals surface area contributed by atoms with Gasteiger partial charge in [0.25, 0.3) is 0 Å². The zero-order chi connectivity index (χ0) is 20.8. The normalized spacial score (nSPS) is 11.9. The number of nitrogens with one attached hydrogen (secondary N) is 2. The number of H-pyrrole nitrogens is 2. The van der Waals surface area contributed by atoms with Gasteiger partial charge in [-0.25, -0.2) is 4.98 Å². The Bertz CT molecular complexity index is 1220. The fourth-order valence-electron chi connectivity index (χ4n) is 3.29. The molecule has 5 nitrogen and oxygen atoms in total. The minimum Gasteiger partial charge on any atom is -0.339 e. The minimum atomic E-state index is -4.46. The first-order valence-corrected chi connectivity index (χ1v) is 8.93. The van der Waals surface area contributed by atoms with Gasteiger partial charge in [-0.3, -0.25) is 9.89 Å². The number of nitrogens with zero attached hydrogens (tertiary/aromatic N) is 2. The second-order valence-electron chi connectivity index (χ2n) is 6.93. The highest BCUT2D eigenvalue weighted by atomic mass is 19.4. The Morgan fingerprint density at radius 2 is 1.90 bits per heavy atom. The Hall–Kier alpha value is -3.42. The molecule has 0 atom stereocenters. The number of benzene rings is 1. The van der Waals surface area contributed by atoms with Gasteiger partial charge >= 0.3 is 6.18 Å². The first kappa shape index (κ1) is 18.9. The second-order valence-corrected chi connectivity index (χ2v) is 6.93. The van der Waals surface area contributed by atoms with Crippen LogP contribution in [0, 0.1) is 13.8 Å². The third-order valence-electron chi connectivity index (χ3n) is 4.93. The summed E-state index contributed by atoms with van der Waals surface area (Å²) in [6.07, 6.45) is -2.81. The quantitative estimate of drug-likeness (QED) is 0.475. The van der Waals surface area contributed by atoms with Crippen molar-refractivity contribution in [2.45, 2.75) is 26.4 Å². The summed E-state index contributed by atoms with van der Waals surface area (Å²) in [7, 11) is 0. The maximum atomic E-state index is 13.3. The Kier molecular flexibility index (Phi) is 4.49. The molecule has 0 unspecified atom stereocenters. The molecule has 4 aromatic rings. The molecule has 0 bridgehead atoms. The lowest BCUT2D eigenvalue weighted by Gasteiger charge is -2.11. The number of pyridine rings is 1. The molecule has 3 aromatic heterocycles. The highest BCUT2D eigenvalue weighted by Gasteiger charge is 2.33. The molecule has 0 amide bonds. The predicted molar refractivity (Wildman–Crippen MR) is 103 cm³/mol. The fourth-order valence-corrected chi connectivity index (χ4v) is 3.29. The van der Waals surface area contributed by atoms with Gasteiger partial charge < -0.3 is 4.98 Å². The van der Waals surface area contributed by atoms with E-state index in [1.165, 1.54) is 12.1 Å². The molecule has 0 aliphatic rings. The Labute approximate surface area is 164 Å². The molecule has 0 aliphatic heterocycles. The van der Waals surface area contributed by atoms with Crippen molar-refractivity contribution in [2.24, 2.45) is 0 Å². The number of halogens is 3. The maximum absolute atomic E-state index is 13.3. The van der Waals surface area contributed by atoms with Gasteiger partial charge in [0.1, 0.15) is 11.3 Å². The highest BCUT2D eigenvalue weighted by Crippen LogP contribution is 2.37. The van der Waals surface area contributed by atoms with Gasteiger partial charge in [0.15, 0.2) is 5.78 Å². The van der Waals surface area contributed by atoms with Crippen LogP contribution in [-0.4, -0.2) is 25.9 Å². The summed E-state index contributed by atoms with van der Waals surface area (Å²) in [4.78, 5) is 19.7. The van der Waals surface area contributed by atoms with Crippen LogP contribution in [0.3, 0.4) is 0 Å². The van der Waals surface area contributed by atoms with Gasteiger partial charge in [-0.2, -0.15) is 18.3 Å². The molecule has 8 heteroatoms. The van der Waals surface area contributed by atoms with E-state index in [1.807, 2.05) is 13.8 Å². The minimum absolute atomic E-state index is 0.0539. The molecular formula is C21H17F3N4O. The van der Waals surface area contributed by atoms with Crippen LogP contribution < -0.4 is 0 Å². The third kappa shape index (κ3) is 3.53. The lowest BCUT2D eigenvalue weighted by Crippen LogP contribution is -2.06. The number of carbonyl (C=O) groups is 1. The van der Waals surface area contributed by atoms with Crippen LogP contribution in [0.2, 0.25) is 0 Å². The van der Waals surface area contributed by atoms with Crippen molar-refractivity contribution in [1.29, 1.82) is 0 Å². The standard InChI is InChI=1S/C21H17F3N4O/c1-11-12(2)27-28-19(11)18(29)8-13-7-14-9-17(26-20(14)25-10-13)15-5-3-4-6-16(15)21(22,23)24/h3-7,9-10H,8H2,1-2H3,(H,25,26)(H,27,28). The number of ketones is 1. The smallest absolute Gasteiger partial charge is 0.339 e. The van der Waals surface area contributed by atoms with Crippen molar-refractivity contribution in [3.8, 4) is 11.3 Å². The molecule has 3 heterocycles. The van der Waals surface area contributed by atoms with E-state index in [9.17, 15) is 18.0 Å². The van der Waals surface area contributed by atoms with Crippen molar-refractivity contribution in [3.05, 3.63) is 70.7 Å². The van der Waals surface area contributed by atoms with E-state index in [0.29, 0.717) is 28.0 Å². The average Bonchev–Trinajstić information content (AvgIpc) is 3.24. The van der Waals surface area contributed by atoms with Gasteiger partial charge in [0, 0.05) is 40.5 Å². The summed E-state index contributed by atoms with van der Waals surface area (Å²) in [5, 5.41) is 7.47. The zero-order valence-electron chi connectivity index (χ0n) is 15.7. The van der Waals surface area contributed by atoms with Crippen molar-refractivity contribution in [1.82, 2.24) is 20.2 Å². The van der Waals surface area contributed by atoms with Crippen LogP contribution in [0.4, 0.5) is 13.2 Å². The Morgan fingerprint density at radius 3 is 2.59 bits per heavy atom. The van der Waals surface area contributed by atoms with Crippen LogP contribution in [-0.2, 0) is 12.6 Å². The largest absolute Gasteiger partial charge is 0.417 e. The van der Waals surface area contributed by atoms with Gasteiger partial charge in [-0.05, 0) is 37.6 Å². The van der Waals surface area contributed by atoms with Crippen molar-refractivity contribution < 1.29 is 18.0 Å². The van der Waals surface area contributed by atoms with E-state index in [2.05, 4.69) is 20.2 Å². The number of alkyl halides is 3. The average molecular weight is 398 g/mol. The SMILES string of the molecule is Cc1[nH]nc(C(=O)Cc2cnc3[nH]c(-c4ccccc4C(F)(F)F)cc3c2)c1C. The van der Waals surface area contributed by atoms with E-state index in [4.69, 9.17) is 0 Å². The lowest BCUT2D eigenvalue weighted by molar-refractivity contribution is -0.137. The summed E-state index contributed by atoms with van der Waals surface area (Å²) in [6.45, 7) is 3.66. The van der Waals surface area contributed by atoms with Crippen molar-refractivity contribution in [2.75, 3.05) is 0 Å². The molecule has 29 heavy (non-hydrogen) atoms. The number of hydrogen-bond acceptors (Lipinski definition) is 3. The van der Waals surface area contributed by atoms with Crippen LogP contribution in [0.1, 0.15) is 32.9 Å². The van der Waals surface area contributed by atoms with Crippen molar-refractivity contribution >= 4 is 16.8 Å². The third-order valence-corrected chi connectivity index (χ3v) is 4.93. The Balaban J connectivity index is 1.67. The predicted octanol–water partition coefficient (Wildman–Crippen LogP) is 5.01. The van der Waals surface area contributed by atoms with Gasteiger partial charge in [0.2, 0.25) is 0 Å². The number of aromatic amines is 2. The summed E-state index contributed by atoms with van der Waals surface area (Å²) >= 11 is 0. The molecule has 0 aliphatic carbocycles. The highest BCUT2D eigenvalue weighted by molar-refractivity contribution is 5.97. The molecule has 148 valence electrons. The topological polar surface area (TPSA) is 74.4 Å². The summed E-state index contributed by atoms with van der Waals surface area (Å²) in [6, 6.07) is 8.75. The van der Waals surface area contributed by atoms with Crippen LogP contribution in [0.5, 0.6) is 0 Å². The van der Waals surface area contributed by atoms with Crippen molar-refractivity contribution in [3.63, 3.8) is 0 Å². The zero-order valence-corrected chi connectivity index (χ0v) is 15.7. The maximum Gasteiger partial charge on any atom is 0.417 e. The van der Waals surface area contributed by atoms with Gasteiger partial charge in [-0.1, -0.05) is 18.2 Å². The van der Waals surface area contributed by atoms with Gasteiger partial charge in [0.05, 0.1) is 5.56 Å². The number of rotatable bonds is 4. The molecule has 0 saturated heterocycles. The number of Topliss-reactive ketones (excluding diaryl/α,β-unsaturated/α-hetero) is 1. The Morgan fingerprint density at radius 1 is 1.14 bits per heavy atom.